The zero-order chi connectivity index (χ0) is 20.5. The minimum atomic E-state index is -0.571. The number of carbonyl (C=O) groups excluding carboxylic acids is 1. The topological polar surface area (TPSA) is 48.5 Å². The van der Waals surface area contributed by atoms with Crippen LogP contribution in [0.15, 0.2) is 23.3 Å². The molecule has 1 fully saturated rings. The first-order chi connectivity index (χ1) is 13.3. The van der Waals surface area contributed by atoms with Crippen LogP contribution in [0.1, 0.15) is 51.0 Å². The number of nitrogens with one attached hydrogen (secondary N) is 1. The Morgan fingerprint density at radius 2 is 1.96 bits per heavy atom. The van der Waals surface area contributed by atoms with E-state index in [0.717, 1.165) is 32.7 Å². The van der Waals surface area contributed by atoms with Gasteiger partial charge in [0.2, 0.25) is 5.95 Å². The summed E-state index contributed by atoms with van der Waals surface area (Å²) in [5.74, 6) is -0.277. The Morgan fingerprint density at radius 3 is 2.50 bits per heavy atom. The van der Waals surface area contributed by atoms with E-state index < -0.39 is 5.95 Å². The summed E-state index contributed by atoms with van der Waals surface area (Å²) in [6.45, 7) is 13.8. The van der Waals surface area contributed by atoms with Gasteiger partial charge in [0, 0.05) is 39.8 Å². The summed E-state index contributed by atoms with van der Waals surface area (Å²) in [5.41, 5.74) is 4.14. The molecule has 2 aliphatic rings. The number of anilines is 1. The van der Waals surface area contributed by atoms with Gasteiger partial charge in [0.1, 0.15) is 5.69 Å². The Balaban J connectivity index is 1.55. The average Bonchev–Trinajstić information content (AvgIpc) is 2.70. The smallest absolute Gasteiger partial charge is 0.269 e. The molecule has 1 atom stereocenters. The molecular formula is C22H33FN4O. The van der Waals surface area contributed by atoms with Gasteiger partial charge >= 0.3 is 0 Å². The summed E-state index contributed by atoms with van der Waals surface area (Å²) < 4.78 is 14.4. The van der Waals surface area contributed by atoms with Gasteiger partial charge in [-0.2, -0.15) is 4.39 Å². The van der Waals surface area contributed by atoms with Crippen molar-refractivity contribution < 1.29 is 9.18 Å². The van der Waals surface area contributed by atoms with Crippen molar-refractivity contribution in [2.24, 2.45) is 11.3 Å². The number of allylic oxidation sites excluding steroid dienone is 1. The number of rotatable bonds is 6. The van der Waals surface area contributed by atoms with E-state index in [0.29, 0.717) is 17.0 Å². The Kier molecular flexibility index (Phi) is 6.08. The van der Waals surface area contributed by atoms with Crippen molar-refractivity contribution in [1.82, 2.24) is 15.2 Å². The summed E-state index contributed by atoms with van der Waals surface area (Å²) in [4.78, 5) is 19.9. The van der Waals surface area contributed by atoms with Gasteiger partial charge in [0.05, 0.1) is 5.69 Å². The SMILES string of the molecule is CCC(C)(C)C1=C(C)C(CN2CCN(c3ccc(C(=O)NC)nc3F)CC2)C1. The number of hydrogen-bond acceptors (Lipinski definition) is 4. The van der Waals surface area contributed by atoms with Crippen LogP contribution in [0.25, 0.3) is 0 Å². The van der Waals surface area contributed by atoms with E-state index in [4.69, 9.17) is 0 Å². The third-order valence-corrected chi connectivity index (χ3v) is 6.72. The van der Waals surface area contributed by atoms with E-state index in [1.165, 1.54) is 19.9 Å². The Bertz CT molecular complexity index is 766. The first kappa shape index (κ1) is 20.8. The number of amides is 1. The van der Waals surface area contributed by atoms with E-state index in [2.05, 4.69) is 42.9 Å². The van der Waals surface area contributed by atoms with Crippen LogP contribution in [0.3, 0.4) is 0 Å². The van der Waals surface area contributed by atoms with Gasteiger partial charge in [0.25, 0.3) is 5.91 Å². The molecule has 1 aliphatic heterocycles. The molecule has 0 aromatic carbocycles. The molecule has 5 nitrogen and oxygen atoms in total. The number of carbonyl (C=O) groups is 1. The lowest BCUT2D eigenvalue weighted by Gasteiger charge is -2.44. The average molecular weight is 389 g/mol. The van der Waals surface area contributed by atoms with E-state index in [1.807, 2.05) is 4.90 Å². The van der Waals surface area contributed by atoms with Gasteiger partial charge in [-0.25, -0.2) is 4.98 Å². The molecule has 6 heteroatoms. The summed E-state index contributed by atoms with van der Waals surface area (Å²) >= 11 is 0. The second-order valence-electron chi connectivity index (χ2n) is 8.67. The molecule has 3 rings (SSSR count). The molecule has 154 valence electrons. The molecule has 1 aromatic rings. The first-order valence-corrected chi connectivity index (χ1v) is 10.3. The fourth-order valence-corrected chi connectivity index (χ4v) is 4.30. The lowest BCUT2D eigenvalue weighted by atomic mass is 9.65. The van der Waals surface area contributed by atoms with Crippen LogP contribution in [0.4, 0.5) is 10.1 Å². The molecule has 0 spiro atoms. The summed E-state index contributed by atoms with van der Waals surface area (Å²) in [6, 6.07) is 3.25. The first-order valence-electron chi connectivity index (χ1n) is 10.3. The molecule has 2 heterocycles. The molecule has 0 radical (unpaired) electrons. The molecule has 0 bridgehead atoms. The molecule has 28 heavy (non-hydrogen) atoms. The molecule has 1 aromatic heterocycles. The highest BCUT2D eigenvalue weighted by atomic mass is 19.1. The second kappa shape index (κ2) is 8.19. The molecule has 1 unspecified atom stereocenters. The minimum absolute atomic E-state index is 0.112. The maximum absolute atomic E-state index is 14.4. The standard InChI is InChI=1S/C22H33FN4O/c1-6-22(3,4)17-13-16(15(17)2)14-26-9-11-27(12-10-26)19-8-7-18(21(28)24-5)25-20(19)23/h7-8,16H,6,9-14H2,1-5H3,(H,24,28). The predicted octanol–water partition coefficient (Wildman–Crippen LogP) is 3.47. The maximum atomic E-state index is 14.4. The van der Waals surface area contributed by atoms with E-state index >= 15 is 0 Å². The van der Waals surface area contributed by atoms with Crippen LogP contribution in [0.2, 0.25) is 0 Å². The number of nitrogens with zero attached hydrogens (tertiary/aromatic N) is 3. The fraction of sp³-hybridized carbons (Fsp3) is 0.636. The highest BCUT2D eigenvalue weighted by molar-refractivity contribution is 5.92. The maximum Gasteiger partial charge on any atom is 0.269 e. The van der Waals surface area contributed by atoms with Crippen LogP contribution in [0, 0.1) is 17.3 Å². The summed E-state index contributed by atoms with van der Waals surface area (Å²) in [6.07, 6.45) is 2.40. The summed E-state index contributed by atoms with van der Waals surface area (Å²) in [5, 5.41) is 2.47. The van der Waals surface area contributed by atoms with Crippen molar-refractivity contribution in [3.8, 4) is 0 Å². The quantitative estimate of drug-likeness (QED) is 0.599. The largest absolute Gasteiger partial charge is 0.365 e. The van der Waals surface area contributed by atoms with Crippen molar-refractivity contribution in [2.75, 3.05) is 44.7 Å². The fourth-order valence-electron chi connectivity index (χ4n) is 4.30. The highest BCUT2D eigenvalue weighted by Crippen LogP contribution is 2.46. The molecule has 1 amide bonds. The van der Waals surface area contributed by atoms with Crippen molar-refractivity contribution in [3.05, 3.63) is 34.9 Å². The zero-order valence-corrected chi connectivity index (χ0v) is 17.8. The summed E-state index contributed by atoms with van der Waals surface area (Å²) in [7, 11) is 1.51. The van der Waals surface area contributed by atoms with Gasteiger partial charge in [0.15, 0.2) is 0 Å². The normalized spacial score (nSPS) is 20.9. The Morgan fingerprint density at radius 1 is 1.29 bits per heavy atom. The molecular weight excluding hydrogens is 355 g/mol. The molecule has 1 saturated heterocycles. The van der Waals surface area contributed by atoms with Crippen LogP contribution >= 0.6 is 0 Å². The number of piperazine rings is 1. The third kappa shape index (κ3) is 4.07. The van der Waals surface area contributed by atoms with Crippen molar-refractivity contribution in [1.29, 1.82) is 0 Å². The number of aromatic nitrogens is 1. The third-order valence-electron chi connectivity index (χ3n) is 6.72. The number of halogens is 1. The number of pyridine rings is 1. The minimum Gasteiger partial charge on any atom is -0.365 e. The van der Waals surface area contributed by atoms with Gasteiger partial charge in [-0.15, -0.1) is 0 Å². The Labute approximate surface area is 168 Å². The highest BCUT2D eigenvalue weighted by Gasteiger charge is 2.36. The lowest BCUT2D eigenvalue weighted by molar-refractivity contribution is 0.0957. The number of hydrogen-bond donors (Lipinski definition) is 1. The Hall–Kier alpha value is -1.95. The molecule has 1 N–H and O–H groups in total. The van der Waals surface area contributed by atoms with Gasteiger partial charge in [-0.05, 0) is 43.2 Å². The van der Waals surface area contributed by atoms with Gasteiger partial charge in [-0.3, -0.25) is 9.69 Å². The van der Waals surface area contributed by atoms with Crippen LogP contribution < -0.4 is 10.2 Å². The van der Waals surface area contributed by atoms with Gasteiger partial charge < -0.3 is 10.2 Å². The lowest BCUT2D eigenvalue weighted by Crippen LogP contribution is -2.49. The zero-order valence-electron chi connectivity index (χ0n) is 17.8. The molecule has 0 saturated carbocycles. The monoisotopic (exact) mass is 388 g/mol. The molecule has 1 aliphatic carbocycles. The van der Waals surface area contributed by atoms with Crippen LogP contribution in [-0.4, -0.2) is 55.6 Å². The predicted molar refractivity (Wildman–Crippen MR) is 111 cm³/mol. The van der Waals surface area contributed by atoms with Gasteiger partial charge in [-0.1, -0.05) is 31.9 Å². The van der Waals surface area contributed by atoms with Crippen molar-refractivity contribution in [2.45, 2.75) is 40.5 Å². The van der Waals surface area contributed by atoms with E-state index in [-0.39, 0.29) is 11.6 Å². The van der Waals surface area contributed by atoms with Crippen LogP contribution in [-0.2, 0) is 0 Å². The van der Waals surface area contributed by atoms with Crippen LogP contribution in [0.5, 0.6) is 0 Å². The second-order valence-corrected chi connectivity index (χ2v) is 8.67. The van der Waals surface area contributed by atoms with Crippen molar-refractivity contribution >= 4 is 11.6 Å². The van der Waals surface area contributed by atoms with Crippen molar-refractivity contribution in [3.63, 3.8) is 0 Å². The van der Waals surface area contributed by atoms with E-state index in [9.17, 15) is 9.18 Å². The van der Waals surface area contributed by atoms with E-state index in [1.54, 1.807) is 23.3 Å².